The summed E-state index contributed by atoms with van der Waals surface area (Å²) in [5, 5.41) is 1.63. The van der Waals surface area contributed by atoms with Crippen LogP contribution in [0.2, 0.25) is 0 Å². The topological polar surface area (TPSA) is 143 Å². The van der Waals surface area contributed by atoms with Crippen LogP contribution in [0.25, 0.3) is 21.8 Å². The Balaban J connectivity index is 1.84. The standard InChI is InChI=1S/C19H14N4O6/c1-29-19(28)22-10-4-2-9(3-5-10)8-23-17(26)11-12(18(23)27)16(25)14-13(15(11)24)20-6-7-21-14/h2-7,20-21H,8H2,1H3,(H,22,28). The first-order chi connectivity index (χ1) is 13.9. The molecule has 1 amide bonds. The molecule has 0 unspecified atom stereocenters. The van der Waals surface area contributed by atoms with E-state index < -0.39 is 38.8 Å². The summed E-state index contributed by atoms with van der Waals surface area (Å²) >= 11 is 0. The van der Waals surface area contributed by atoms with E-state index in [1.807, 2.05) is 0 Å². The second-order valence-corrected chi connectivity index (χ2v) is 6.29. The SMILES string of the molecule is COC(=O)Nc1ccc(Cn2c(=O)c3c(=O)c4[nH]cc[nH]c4c(=O)c3c2=O)cc1. The maximum absolute atomic E-state index is 12.7. The number of ether oxygens (including phenoxy) is 1. The smallest absolute Gasteiger partial charge is 0.411 e. The van der Waals surface area contributed by atoms with Gasteiger partial charge in [-0.05, 0) is 17.7 Å². The molecule has 3 N–H and O–H groups in total. The second-order valence-electron chi connectivity index (χ2n) is 6.29. The highest BCUT2D eigenvalue weighted by molar-refractivity contribution is 5.94. The number of methoxy groups -OCH3 is 1. The number of H-pyrrole nitrogens is 2. The highest BCUT2D eigenvalue weighted by atomic mass is 16.5. The van der Waals surface area contributed by atoms with Crippen LogP contribution in [-0.2, 0) is 11.3 Å². The molecule has 0 radical (unpaired) electrons. The lowest BCUT2D eigenvalue weighted by Crippen LogP contribution is -2.27. The number of carbonyl (C=O) groups is 1. The monoisotopic (exact) mass is 394 g/mol. The molecule has 0 aliphatic rings. The molecule has 4 rings (SSSR count). The molecule has 0 saturated carbocycles. The zero-order valence-corrected chi connectivity index (χ0v) is 15.1. The minimum Gasteiger partial charge on any atom is -0.453 e. The maximum atomic E-state index is 12.7. The van der Waals surface area contributed by atoms with Gasteiger partial charge < -0.3 is 14.7 Å². The molecule has 0 aliphatic carbocycles. The highest BCUT2D eigenvalue weighted by Gasteiger charge is 2.22. The molecular formula is C19H14N4O6. The van der Waals surface area contributed by atoms with Gasteiger partial charge in [0.1, 0.15) is 21.8 Å². The van der Waals surface area contributed by atoms with Crippen molar-refractivity contribution in [2.45, 2.75) is 6.54 Å². The molecule has 29 heavy (non-hydrogen) atoms. The van der Waals surface area contributed by atoms with Gasteiger partial charge in [0.25, 0.3) is 11.1 Å². The Morgan fingerprint density at radius 3 is 1.93 bits per heavy atom. The third-order valence-corrected chi connectivity index (χ3v) is 4.59. The Bertz CT molecular complexity index is 1400. The number of amides is 1. The van der Waals surface area contributed by atoms with Crippen molar-refractivity contribution >= 4 is 33.6 Å². The zero-order valence-electron chi connectivity index (χ0n) is 15.1. The van der Waals surface area contributed by atoms with Crippen molar-refractivity contribution in [3.05, 3.63) is 83.4 Å². The van der Waals surface area contributed by atoms with Gasteiger partial charge in [-0.25, -0.2) is 4.79 Å². The number of carbonyl (C=O) groups excluding carboxylic acids is 1. The van der Waals surface area contributed by atoms with Gasteiger partial charge in [-0.1, -0.05) is 12.1 Å². The fourth-order valence-corrected chi connectivity index (χ4v) is 3.19. The van der Waals surface area contributed by atoms with Crippen LogP contribution in [0.4, 0.5) is 10.5 Å². The van der Waals surface area contributed by atoms with Gasteiger partial charge in [0.05, 0.1) is 13.7 Å². The summed E-state index contributed by atoms with van der Waals surface area (Å²) in [6.07, 6.45) is 2.20. The molecule has 2 aromatic carbocycles. The molecule has 0 bridgehead atoms. The van der Waals surface area contributed by atoms with Crippen LogP contribution in [0.15, 0.2) is 55.8 Å². The minimum atomic E-state index is -0.817. The molecule has 2 aromatic heterocycles. The van der Waals surface area contributed by atoms with Gasteiger partial charge in [-0.2, -0.15) is 0 Å². The summed E-state index contributed by atoms with van der Waals surface area (Å²) in [4.78, 5) is 67.3. The Labute approximate surface area is 160 Å². The van der Waals surface area contributed by atoms with Gasteiger partial charge in [0.2, 0.25) is 10.9 Å². The number of hydrogen-bond acceptors (Lipinski definition) is 6. The van der Waals surface area contributed by atoms with E-state index in [4.69, 9.17) is 0 Å². The summed E-state index contributed by atoms with van der Waals surface area (Å²) in [5.41, 5.74) is -2.13. The lowest BCUT2D eigenvalue weighted by Gasteiger charge is -2.05. The number of aromatic amines is 2. The Morgan fingerprint density at radius 1 is 0.931 bits per heavy atom. The van der Waals surface area contributed by atoms with Crippen molar-refractivity contribution in [1.29, 1.82) is 0 Å². The van der Waals surface area contributed by atoms with Gasteiger partial charge in [0, 0.05) is 18.1 Å². The van der Waals surface area contributed by atoms with Gasteiger partial charge in [0.15, 0.2) is 0 Å². The van der Waals surface area contributed by atoms with Crippen molar-refractivity contribution in [3.63, 3.8) is 0 Å². The first-order valence-electron chi connectivity index (χ1n) is 8.48. The molecule has 10 heteroatoms. The number of aromatic nitrogens is 3. The second kappa shape index (κ2) is 6.75. The first-order valence-corrected chi connectivity index (χ1v) is 8.48. The van der Waals surface area contributed by atoms with Crippen molar-refractivity contribution in [3.8, 4) is 0 Å². The molecule has 0 atom stereocenters. The van der Waals surface area contributed by atoms with E-state index in [1.54, 1.807) is 24.3 Å². The fourth-order valence-electron chi connectivity index (χ4n) is 3.19. The van der Waals surface area contributed by atoms with E-state index in [-0.39, 0.29) is 17.6 Å². The predicted octanol–water partition coefficient (Wildman–Crippen LogP) is 0.556. The van der Waals surface area contributed by atoms with E-state index in [2.05, 4.69) is 20.0 Å². The molecule has 4 aromatic rings. The summed E-state index contributed by atoms with van der Waals surface area (Å²) in [7, 11) is 1.24. The lowest BCUT2D eigenvalue weighted by atomic mass is 10.1. The highest BCUT2D eigenvalue weighted by Crippen LogP contribution is 2.11. The largest absolute Gasteiger partial charge is 0.453 e. The Kier molecular flexibility index (Phi) is 4.23. The normalized spacial score (nSPS) is 11.1. The van der Waals surface area contributed by atoms with Crippen LogP contribution in [0.1, 0.15) is 5.56 Å². The average Bonchev–Trinajstić information content (AvgIpc) is 2.98. The third-order valence-electron chi connectivity index (χ3n) is 4.59. The van der Waals surface area contributed by atoms with E-state index >= 15 is 0 Å². The third kappa shape index (κ3) is 2.87. The van der Waals surface area contributed by atoms with Crippen LogP contribution in [0.5, 0.6) is 0 Å². The van der Waals surface area contributed by atoms with Crippen molar-refractivity contribution in [2.24, 2.45) is 0 Å². The summed E-state index contributed by atoms with van der Waals surface area (Å²) < 4.78 is 5.36. The minimum absolute atomic E-state index is 0.0579. The Morgan fingerprint density at radius 2 is 1.45 bits per heavy atom. The van der Waals surface area contributed by atoms with Crippen LogP contribution in [0, 0.1) is 0 Å². The Hall–Kier alpha value is -4.21. The van der Waals surface area contributed by atoms with E-state index in [1.165, 1.54) is 19.5 Å². The number of fused-ring (bicyclic) bond motifs is 2. The fraction of sp³-hybridized carbons (Fsp3) is 0.105. The van der Waals surface area contributed by atoms with Gasteiger partial charge >= 0.3 is 6.09 Å². The molecule has 0 saturated heterocycles. The van der Waals surface area contributed by atoms with Crippen LogP contribution in [0.3, 0.4) is 0 Å². The van der Waals surface area contributed by atoms with Crippen molar-refractivity contribution in [2.75, 3.05) is 12.4 Å². The average molecular weight is 394 g/mol. The predicted molar refractivity (Wildman–Crippen MR) is 106 cm³/mol. The van der Waals surface area contributed by atoms with Crippen molar-refractivity contribution < 1.29 is 9.53 Å². The molecular weight excluding hydrogens is 380 g/mol. The van der Waals surface area contributed by atoms with Gasteiger partial charge in [-0.15, -0.1) is 0 Å². The summed E-state index contributed by atoms with van der Waals surface area (Å²) in [5.74, 6) is 0. The van der Waals surface area contributed by atoms with Crippen LogP contribution >= 0.6 is 0 Å². The van der Waals surface area contributed by atoms with Crippen LogP contribution < -0.4 is 27.3 Å². The van der Waals surface area contributed by atoms with E-state index in [0.717, 1.165) is 4.57 Å². The molecule has 0 aliphatic heterocycles. The zero-order chi connectivity index (χ0) is 20.7. The van der Waals surface area contributed by atoms with Crippen molar-refractivity contribution in [1.82, 2.24) is 14.5 Å². The number of nitrogens with one attached hydrogen (secondary N) is 3. The molecule has 0 fully saturated rings. The molecule has 10 nitrogen and oxygen atoms in total. The number of hydrogen-bond donors (Lipinski definition) is 3. The summed E-state index contributed by atoms with van der Waals surface area (Å²) in [6.45, 7) is -0.131. The lowest BCUT2D eigenvalue weighted by molar-refractivity contribution is 0.187. The molecule has 2 heterocycles. The van der Waals surface area contributed by atoms with Crippen LogP contribution in [-0.4, -0.2) is 27.7 Å². The molecule has 0 spiro atoms. The number of rotatable bonds is 3. The van der Waals surface area contributed by atoms with E-state index in [0.29, 0.717) is 11.3 Å². The summed E-state index contributed by atoms with van der Waals surface area (Å²) in [6, 6.07) is 6.34. The van der Waals surface area contributed by atoms with E-state index in [9.17, 15) is 24.0 Å². The van der Waals surface area contributed by atoms with Gasteiger partial charge in [-0.3, -0.25) is 29.1 Å². The number of benzene rings is 2. The first kappa shape index (κ1) is 18.2. The number of nitrogens with zero attached hydrogens (tertiary/aromatic N) is 1. The quantitative estimate of drug-likeness (QED) is 0.463. The number of anilines is 1. The maximum Gasteiger partial charge on any atom is 0.411 e. The molecule has 146 valence electrons.